The van der Waals surface area contributed by atoms with E-state index in [1.54, 1.807) is 0 Å². The van der Waals surface area contributed by atoms with Crippen LogP contribution in [0.1, 0.15) is 69.4 Å². The van der Waals surface area contributed by atoms with Crippen molar-refractivity contribution in [1.29, 1.82) is 0 Å². The van der Waals surface area contributed by atoms with Crippen LogP contribution in [-0.4, -0.2) is 23.6 Å². The molecule has 1 N–H and O–H groups in total. The molecule has 0 aliphatic heterocycles. The average molecular weight is 293 g/mol. The van der Waals surface area contributed by atoms with Crippen LogP contribution < -0.4 is 10.2 Å². The first-order valence-corrected chi connectivity index (χ1v) is 9.04. The fraction of sp³-hybridized carbons (Fsp3) is 0.812. The van der Waals surface area contributed by atoms with Gasteiger partial charge in [0.2, 0.25) is 0 Å². The maximum atomic E-state index is 5.02. The zero-order valence-corrected chi connectivity index (χ0v) is 13.8. The molecule has 2 aliphatic rings. The smallest absolute Gasteiger partial charge is 0.186 e. The summed E-state index contributed by atoms with van der Waals surface area (Å²) >= 11 is 1.93. The molecule has 1 unspecified atom stereocenters. The molecule has 2 aliphatic carbocycles. The van der Waals surface area contributed by atoms with Crippen LogP contribution in [-0.2, 0) is 6.54 Å². The number of anilines is 1. The summed E-state index contributed by atoms with van der Waals surface area (Å²) in [5.41, 5.74) is 1.40. The quantitative estimate of drug-likeness (QED) is 0.788. The lowest BCUT2D eigenvalue weighted by atomic mass is 10.2. The lowest BCUT2D eigenvalue weighted by Crippen LogP contribution is -2.32. The number of nitrogens with one attached hydrogen (secondary N) is 1. The topological polar surface area (TPSA) is 28.2 Å². The van der Waals surface area contributed by atoms with Crippen LogP contribution in [0.2, 0.25) is 0 Å². The summed E-state index contributed by atoms with van der Waals surface area (Å²) in [5.74, 6) is 0.756. The minimum atomic E-state index is 0.586. The second-order valence-corrected chi connectivity index (χ2v) is 7.34. The molecule has 0 saturated heterocycles. The van der Waals surface area contributed by atoms with Gasteiger partial charge in [-0.25, -0.2) is 4.98 Å². The van der Waals surface area contributed by atoms with Crippen LogP contribution in [0.15, 0.2) is 0 Å². The minimum absolute atomic E-state index is 0.586. The molecular formula is C16H27N3S. The highest BCUT2D eigenvalue weighted by molar-refractivity contribution is 7.15. The first-order valence-electron chi connectivity index (χ1n) is 8.22. The van der Waals surface area contributed by atoms with Crippen LogP contribution >= 0.6 is 11.3 Å². The molecule has 0 bridgehead atoms. The van der Waals surface area contributed by atoms with Gasteiger partial charge >= 0.3 is 0 Å². The Balaban J connectivity index is 1.77. The van der Waals surface area contributed by atoms with Gasteiger partial charge in [-0.3, -0.25) is 0 Å². The van der Waals surface area contributed by atoms with Crippen molar-refractivity contribution in [1.82, 2.24) is 10.3 Å². The second kappa shape index (κ2) is 6.02. The number of hydrogen-bond donors (Lipinski definition) is 1. The van der Waals surface area contributed by atoms with E-state index in [4.69, 9.17) is 4.98 Å². The molecule has 1 aromatic rings. The summed E-state index contributed by atoms with van der Waals surface area (Å²) in [7, 11) is 0. The van der Waals surface area contributed by atoms with Crippen LogP contribution in [0.3, 0.4) is 0 Å². The van der Waals surface area contributed by atoms with Gasteiger partial charge in [0.05, 0.1) is 5.69 Å². The fourth-order valence-corrected chi connectivity index (χ4v) is 3.92. The summed E-state index contributed by atoms with van der Waals surface area (Å²) in [6.07, 6.45) is 6.59. The minimum Gasteiger partial charge on any atom is -0.346 e. The third kappa shape index (κ3) is 3.17. The second-order valence-electron chi connectivity index (χ2n) is 6.28. The number of nitrogens with zero attached hydrogens (tertiary/aromatic N) is 2. The zero-order valence-electron chi connectivity index (χ0n) is 13.0. The molecule has 1 heterocycles. The Labute approximate surface area is 126 Å². The molecule has 20 heavy (non-hydrogen) atoms. The normalized spacial score (nSPS) is 20.1. The summed E-state index contributed by atoms with van der Waals surface area (Å²) in [6, 6.07) is 1.37. The largest absolute Gasteiger partial charge is 0.346 e. The highest BCUT2D eigenvalue weighted by Crippen LogP contribution is 2.44. The molecule has 1 aromatic heterocycles. The Hall–Kier alpha value is -0.610. The van der Waals surface area contributed by atoms with E-state index >= 15 is 0 Å². The van der Waals surface area contributed by atoms with Gasteiger partial charge in [0.25, 0.3) is 0 Å². The molecule has 1 atom stereocenters. The zero-order chi connectivity index (χ0) is 14.1. The van der Waals surface area contributed by atoms with Gasteiger partial charge in [-0.15, -0.1) is 11.3 Å². The van der Waals surface area contributed by atoms with Crippen molar-refractivity contribution >= 4 is 16.5 Å². The van der Waals surface area contributed by atoms with Crippen LogP contribution in [0.25, 0.3) is 0 Å². The molecule has 4 heteroatoms. The maximum absolute atomic E-state index is 5.02. The van der Waals surface area contributed by atoms with Crippen molar-refractivity contribution < 1.29 is 0 Å². The highest BCUT2D eigenvalue weighted by atomic mass is 32.1. The van der Waals surface area contributed by atoms with Gasteiger partial charge < -0.3 is 10.2 Å². The van der Waals surface area contributed by atoms with E-state index in [0.717, 1.165) is 25.0 Å². The molecular weight excluding hydrogens is 266 g/mol. The molecule has 2 saturated carbocycles. The van der Waals surface area contributed by atoms with Gasteiger partial charge in [0.1, 0.15) is 0 Å². The molecule has 0 spiro atoms. The van der Waals surface area contributed by atoms with Crippen molar-refractivity contribution in [3.63, 3.8) is 0 Å². The third-order valence-corrected chi connectivity index (χ3v) is 5.63. The Bertz CT molecular complexity index is 449. The predicted molar refractivity (Wildman–Crippen MR) is 86.7 cm³/mol. The average Bonchev–Trinajstić information content (AvgIpc) is 3.37. The van der Waals surface area contributed by atoms with E-state index in [1.165, 1.54) is 47.8 Å². The van der Waals surface area contributed by atoms with E-state index < -0.39 is 0 Å². The van der Waals surface area contributed by atoms with E-state index in [-0.39, 0.29) is 0 Å². The monoisotopic (exact) mass is 293 g/mol. The molecule has 3 nitrogen and oxygen atoms in total. The molecule has 2 fully saturated rings. The maximum Gasteiger partial charge on any atom is 0.186 e. The summed E-state index contributed by atoms with van der Waals surface area (Å²) in [5, 5.41) is 4.91. The standard InChI is InChI=1S/C16H27N3S/c1-4-11(3)19(5-2)16-18-15(12-6-7-12)14(20-16)10-17-13-8-9-13/h11-13,17H,4-10H2,1-3H3. The lowest BCUT2D eigenvalue weighted by Gasteiger charge is -2.26. The number of rotatable bonds is 8. The first-order chi connectivity index (χ1) is 9.72. The SMILES string of the molecule is CCC(C)N(CC)c1nc(C2CC2)c(CNC2CC2)s1. The van der Waals surface area contributed by atoms with Crippen LogP contribution in [0, 0.1) is 0 Å². The molecule has 0 aromatic carbocycles. The van der Waals surface area contributed by atoms with Crippen molar-refractivity contribution in [2.45, 2.75) is 77.4 Å². The molecule has 0 radical (unpaired) electrons. The Kier molecular flexibility index (Phi) is 4.32. The van der Waals surface area contributed by atoms with Gasteiger partial charge in [-0.05, 0) is 46.0 Å². The van der Waals surface area contributed by atoms with Gasteiger partial charge in [0.15, 0.2) is 5.13 Å². The van der Waals surface area contributed by atoms with Crippen molar-refractivity contribution in [2.24, 2.45) is 0 Å². The Morgan fingerprint density at radius 1 is 1.30 bits per heavy atom. The van der Waals surface area contributed by atoms with E-state index in [2.05, 4.69) is 31.0 Å². The summed E-state index contributed by atoms with van der Waals surface area (Å²) < 4.78 is 0. The van der Waals surface area contributed by atoms with Gasteiger partial charge in [-0.1, -0.05) is 6.92 Å². The Morgan fingerprint density at radius 3 is 2.60 bits per heavy atom. The van der Waals surface area contributed by atoms with Crippen LogP contribution in [0.5, 0.6) is 0 Å². The molecule has 3 rings (SSSR count). The van der Waals surface area contributed by atoms with Crippen molar-refractivity contribution in [3.8, 4) is 0 Å². The van der Waals surface area contributed by atoms with Crippen molar-refractivity contribution in [2.75, 3.05) is 11.4 Å². The summed E-state index contributed by atoms with van der Waals surface area (Å²) in [4.78, 5) is 8.98. The third-order valence-electron chi connectivity index (χ3n) is 4.52. The highest BCUT2D eigenvalue weighted by Gasteiger charge is 2.31. The van der Waals surface area contributed by atoms with E-state index in [1.807, 2.05) is 11.3 Å². The van der Waals surface area contributed by atoms with Crippen molar-refractivity contribution in [3.05, 3.63) is 10.6 Å². The molecule has 0 amide bonds. The number of hydrogen-bond acceptors (Lipinski definition) is 4. The van der Waals surface area contributed by atoms with Gasteiger partial charge in [0, 0.05) is 36.0 Å². The summed E-state index contributed by atoms with van der Waals surface area (Å²) in [6.45, 7) is 8.91. The fourth-order valence-electron chi connectivity index (χ4n) is 2.66. The van der Waals surface area contributed by atoms with E-state index in [0.29, 0.717) is 6.04 Å². The first kappa shape index (κ1) is 14.3. The molecule has 112 valence electrons. The van der Waals surface area contributed by atoms with Crippen LogP contribution in [0.4, 0.5) is 5.13 Å². The number of aromatic nitrogens is 1. The predicted octanol–water partition coefficient (Wildman–Crippen LogP) is 3.90. The number of thiazole rings is 1. The lowest BCUT2D eigenvalue weighted by molar-refractivity contribution is 0.627. The van der Waals surface area contributed by atoms with E-state index in [9.17, 15) is 0 Å². The van der Waals surface area contributed by atoms with Gasteiger partial charge in [-0.2, -0.15) is 0 Å². The Morgan fingerprint density at radius 2 is 2.05 bits per heavy atom.